The molecule has 0 saturated heterocycles. The van der Waals surface area contributed by atoms with Crippen LogP contribution >= 0.6 is 0 Å². The highest BCUT2D eigenvalue weighted by Gasteiger charge is 1.89. The summed E-state index contributed by atoms with van der Waals surface area (Å²) in [4.78, 5) is 20.0. The molecule has 0 bridgehead atoms. The van der Waals surface area contributed by atoms with Gasteiger partial charge in [0.2, 0.25) is 12.2 Å². The zero-order chi connectivity index (χ0) is 10.1. The summed E-state index contributed by atoms with van der Waals surface area (Å²) in [6, 6.07) is 0. The third-order valence-corrected chi connectivity index (χ3v) is 0.939. The summed E-state index contributed by atoms with van der Waals surface area (Å²) in [5.41, 5.74) is 1.59. The van der Waals surface area contributed by atoms with E-state index in [4.69, 9.17) is 0 Å². The maximum atomic E-state index is 10.3. The predicted molar refractivity (Wildman–Crippen MR) is 45.3 cm³/mol. The number of nitrogens with one attached hydrogen (secondary N) is 3. The predicted octanol–water partition coefficient (Wildman–Crippen LogP) is -1.56. The van der Waals surface area contributed by atoms with E-state index >= 15 is 0 Å². The number of amides is 1. The standard InChI is InChI=1S/C5H11N5O3/c1-5(11)7-3-2-6-4-8-9-10(12)13/h4,9H,2-3H2,1H3,(H,6,8)(H,7,11). The van der Waals surface area contributed by atoms with E-state index in [0.29, 0.717) is 13.1 Å². The first kappa shape index (κ1) is 11.1. The van der Waals surface area contributed by atoms with Crippen LogP contribution in [0.4, 0.5) is 0 Å². The van der Waals surface area contributed by atoms with Gasteiger partial charge in [0.05, 0.1) is 10.1 Å². The minimum Gasteiger partial charge on any atom is -0.355 e. The molecule has 0 atom stereocenters. The molecule has 0 radical (unpaired) electrons. The highest BCUT2D eigenvalue weighted by Crippen LogP contribution is 1.60. The minimum absolute atomic E-state index is 0.123. The van der Waals surface area contributed by atoms with Gasteiger partial charge in [-0.15, -0.1) is 0 Å². The average molecular weight is 189 g/mol. The van der Waals surface area contributed by atoms with Crippen LogP contribution in [-0.4, -0.2) is 30.4 Å². The van der Waals surface area contributed by atoms with Crippen molar-refractivity contribution in [2.24, 2.45) is 5.10 Å². The zero-order valence-electron chi connectivity index (χ0n) is 7.11. The van der Waals surface area contributed by atoms with Crippen LogP contribution in [-0.2, 0) is 4.79 Å². The number of nitrogens with zero attached hydrogens (tertiary/aromatic N) is 2. The Hall–Kier alpha value is -1.86. The molecule has 0 unspecified atom stereocenters. The van der Waals surface area contributed by atoms with E-state index in [1.165, 1.54) is 6.92 Å². The molecular formula is C5H11N5O3. The fourth-order valence-electron chi connectivity index (χ4n) is 0.497. The second-order valence-electron chi connectivity index (χ2n) is 2.05. The van der Waals surface area contributed by atoms with Gasteiger partial charge in [-0.05, 0) is 5.53 Å². The molecule has 8 nitrogen and oxygen atoms in total. The summed E-state index contributed by atoms with van der Waals surface area (Å²) in [6.45, 7) is 2.31. The topological polar surface area (TPSA) is 109 Å². The smallest absolute Gasteiger partial charge is 0.229 e. The molecule has 0 rings (SSSR count). The molecule has 0 heterocycles. The van der Waals surface area contributed by atoms with Crippen LogP contribution in [0.1, 0.15) is 6.92 Å². The number of rotatable bonds is 6. The van der Waals surface area contributed by atoms with Gasteiger partial charge in [0.1, 0.15) is 0 Å². The number of hydrazone groups is 1. The van der Waals surface area contributed by atoms with E-state index < -0.39 is 5.03 Å². The zero-order valence-corrected chi connectivity index (χ0v) is 7.11. The molecule has 0 saturated carbocycles. The first-order chi connectivity index (χ1) is 6.13. The summed E-state index contributed by atoms with van der Waals surface area (Å²) < 4.78 is 0. The molecule has 74 valence electrons. The third kappa shape index (κ3) is 10.1. The maximum Gasteiger partial charge on any atom is 0.229 e. The molecular weight excluding hydrogens is 178 g/mol. The minimum atomic E-state index is -0.786. The monoisotopic (exact) mass is 189 g/mol. The molecule has 8 heteroatoms. The van der Waals surface area contributed by atoms with Gasteiger partial charge < -0.3 is 20.7 Å². The van der Waals surface area contributed by atoms with Gasteiger partial charge in [0.15, 0.2) is 0 Å². The van der Waals surface area contributed by atoms with Crippen molar-refractivity contribution in [1.82, 2.24) is 16.2 Å². The number of hydrogen-bond donors (Lipinski definition) is 3. The van der Waals surface area contributed by atoms with E-state index in [0.717, 1.165) is 6.34 Å². The largest absolute Gasteiger partial charge is 0.355 e. The summed E-state index contributed by atoms with van der Waals surface area (Å²) >= 11 is 0. The van der Waals surface area contributed by atoms with E-state index in [1.54, 1.807) is 5.53 Å². The molecule has 1 amide bonds. The molecule has 0 aromatic heterocycles. The lowest BCUT2D eigenvalue weighted by Gasteiger charge is -1.98. The summed E-state index contributed by atoms with van der Waals surface area (Å²) in [5.74, 6) is -0.123. The van der Waals surface area contributed by atoms with Crippen LogP contribution in [0.5, 0.6) is 0 Å². The van der Waals surface area contributed by atoms with Crippen molar-refractivity contribution in [3.8, 4) is 0 Å². The van der Waals surface area contributed by atoms with Gasteiger partial charge in [-0.2, -0.15) is 0 Å². The Kier molecular flexibility index (Phi) is 5.85. The molecule has 13 heavy (non-hydrogen) atoms. The molecule has 0 aromatic carbocycles. The quantitative estimate of drug-likeness (QED) is 0.154. The Balaban J connectivity index is 3.20. The highest BCUT2D eigenvalue weighted by atomic mass is 16.7. The second kappa shape index (κ2) is 6.83. The van der Waals surface area contributed by atoms with Crippen LogP contribution < -0.4 is 16.2 Å². The van der Waals surface area contributed by atoms with Crippen LogP contribution in [0, 0.1) is 10.1 Å². The van der Waals surface area contributed by atoms with Crippen molar-refractivity contribution in [2.45, 2.75) is 6.92 Å². The molecule has 0 aliphatic rings. The van der Waals surface area contributed by atoms with E-state index in [-0.39, 0.29) is 5.91 Å². The SMILES string of the molecule is CC(=O)NCCNC=NN[N+](=O)[O-]. The van der Waals surface area contributed by atoms with Crippen molar-refractivity contribution in [1.29, 1.82) is 0 Å². The second-order valence-corrected chi connectivity index (χ2v) is 2.05. The van der Waals surface area contributed by atoms with Gasteiger partial charge in [0, 0.05) is 20.0 Å². The fraction of sp³-hybridized carbons (Fsp3) is 0.600. The Morgan fingerprint density at radius 1 is 1.62 bits per heavy atom. The lowest BCUT2D eigenvalue weighted by Crippen LogP contribution is -2.30. The summed E-state index contributed by atoms with van der Waals surface area (Å²) in [7, 11) is 0. The Bertz CT molecular complexity index is 204. The van der Waals surface area contributed by atoms with Gasteiger partial charge in [-0.25, -0.2) is 0 Å². The van der Waals surface area contributed by atoms with Crippen LogP contribution in [0.15, 0.2) is 5.10 Å². The summed E-state index contributed by atoms with van der Waals surface area (Å²) in [5, 5.41) is 17.2. The first-order valence-electron chi connectivity index (χ1n) is 3.52. The maximum absolute atomic E-state index is 10.3. The van der Waals surface area contributed by atoms with Crippen LogP contribution in [0.25, 0.3) is 0 Å². The van der Waals surface area contributed by atoms with Gasteiger partial charge in [-0.3, -0.25) is 4.79 Å². The summed E-state index contributed by atoms with van der Waals surface area (Å²) in [6.07, 6.45) is 1.14. The number of carbonyl (C=O) groups excluding carboxylic acids is 1. The number of hydrazine groups is 1. The Morgan fingerprint density at radius 3 is 2.85 bits per heavy atom. The van der Waals surface area contributed by atoms with Crippen LogP contribution in [0.2, 0.25) is 0 Å². The van der Waals surface area contributed by atoms with Crippen molar-refractivity contribution < 1.29 is 9.83 Å². The molecule has 0 aromatic rings. The number of carbonyl (C=O) groups is 1. The molecule has 0 aliphatic heterocycles. The molecule has 0 spiro atoms. The van der Waals surface area contributed by atoms with E-state index in [1.807, 2.05) is 0 Å². The third-order valence-electron chi connectivity index (χ3n) is 0.939. The van der Waals surface area contributed by atoms with Gasteiger partial charge in [0.25, 0.3) is 0 Å². The van der Waals surface area contributed by atoms with Crippen LogP contribution in [0.3, 0.4) is 0 Å². The average Bonchev–Trinajstić information content (AvgIpc) is 2.01. The lowest BCUT2D eigenvalue weighted by atomic mass is 10.6. The van der Waals surface area contributed by atoms with Crippen molar-refractivity contribution >= 4 is 12.2 Å². The van der Waals surface area contributed by atoms with E-state index in [2.05, 4.69) is 15.7 Å². The van der Waals surface area contributed by atoms with Gasteiger partial charge in [-0.1, -0.05) is 0 Å². The molecule has 3 N–H and O–H groups in total. The van der Waals surface area contributed by atoms with E-state index in [9.17, 15) is 14.9 Å². The Morgan fingerprint density at radius 2 is 2.31 bits per heavy atom. The van der Waals surface area contributed by atoms with Crippen molar-refractivity contribution in [3.05, 3.63) is 10.1 Å². The number of nitro groups is 1. The highest BCUT2D eigenvalue weighted by molar-refractivity contribution is 5.72. The molecule has 0 fully saturated rings. The van der Waals surface area contributed by atoms with Crippen molar-refractivity contribution in [3.63, 3.8) is 0 Å². The molecule has 0 aliphatic carbocycles. The lowest BCUT2D eigenvalue weighted by molar-refractivity contribution is -0.544. The first-order valence-corrected chi connectivity index (χ1v) is 3.52. The number of hydrogen-bond acceptors (Lipinski definition) is 4. The van der Waals surface area contributed by atoms with Gasteiger partial charge >= 0.3 is 0 Å². The Labute approximate surface area is 74.5 Å². The fourth-order valence-corrected chi connectivity index (χ4v) is 0.497. The normalized spacial score (nSPS) is 9.62. The van der Waals surface area contributed by atoms with Crippen molar-refractivity contribution in [2.75, 3.05) is 13.1 Å².